The minimum Gasteiger partial charge on any atom is -0.331 e. The molecule has 0 aliphatic rings. The van der Waals surface area contributed by atoms with Crippen molar-refractivity contribution in [1.29, 1.82) is 0 Å². The van der Waals surface area contributed by atoms with Crippen molar-refractivity contribution in [3.05, 3.63) is 64.1 Å². The van der Waals surface area contributed by atoms with Gasteiger partial charge in [0.2, 0.25) is 0 Å². The minimum atomic E-state index is -0.306. The zero-order valence-corrected chi connectivity index (χ0v) is 12.4. The Hall–Kier alpha value is -1.71. The maximum atomic E-state index is 11.9. The van der Waals surface area contributed by atoms with Crippen molar-refractivity contribution in [2.75, 3.05) is 5.32 Å². The lowest BCUT2D eigenvalue weighted by Gasteiger charge is -2.16. The van der Waals surface area contributed by atoms with E-state index >= 15 is 0 Å². The number of amides is 2. The summed E-state index contributed by atoms with van der Waals surface area (Å²) >= 11 is 12.0. The number of urea groups is 1. The molecular weight excluding hydrogens is 295 g/mol. The Labute approximate surface area is 127 Å². The van der Waals surface area contributed by atoms with Crippen LogP contribution in [0.1, 0.15) is 18.5 Å². The largest absolute Gasteiger partial charge is 0.331 e. The number of hydrogen-bond donors (Lipinski definition) is 2. The van der Waals surface area contributed by atoms with E-state index in [1.165, 1.54) is 0 Å². The van der Waals surface area contributed by atoms with Crippen molar-refractivity contribution in [1.82, 2.24) is 5.32 Å². The van der Waals surface area contributed by atoms with E-state index in [1.54, 1.807) is 30.3 Å². The van der Waals surface area contributed by atoms with Gasteiger partial charge >= 0.3 is 6.03 Å². The Bertz CT molecular complexity index is 616. The molecule has 0 fully saturated rings. The number of carbonyl (C=O) groups is 1. The molecule has 0 saturated heterocycles. The lowest BCUT2D eigenvalue weighted by Crippen LogP contribution is -2.31. The van der Waals surface area contributed by atoms with Crippen LogP contribution in [0.2, 0.25) is 10.0 Å². The third-order valence-corrected chi connectivity index (χ3v) is 3.38. The first-order valence-electron chi connectivity index (χ1n) is 6.14. The number of nitrogens with one attached hydrogen (secondary N) is 2. The van der Waals surface area contributed by atoms with Crippen LogP contribution < -0.4 is 10.6 Å². The van der Waals surface area contributed by atoms with Crippen molar-refractivity contribution in [2.45, 2.75) is 13.0 Å². The second-order valence-corrected chi connectivity index (χ2v) is 5.20. The molecular formula is C15H14Cl2N2O. The lowest BCUT2D eigenvalue weighted by atomic mass is 10.1. The molecule has 0 saturated carbocycles. The number of halogens is 2. The SMILES string of the molecule is CC(NC(=O)Nc1cccc(Cl)c1)c1ccccc1Cl. The van der Waals surface area contributed by atoms with Crippen molar-refractivity contribution < 1.29 is 4.79 Å². The summed E-state index contributed by atoms with van der Waals surface area (Å²) in [7, 11) is 0. The molecule has 2 aromatic rings. The predicted octanol–water partition coefficient (Wildman–Crippen LogP) is 4.88. The summed E-state index contributed by atoms with van der Waals surface area (Å²) in [6.45, 7) is 1.87. The van der Waals surface area contributed by atoms with Crippen LogP contribution in [-0.4, -0.2) is 6.03 Å². The molecule has 0 aromatic heterocycles. The van der Waals surface area contributed by atoms with E-state index in [9.17, 15) is 4.79 Å². The highest BCUT2D eigenvalue weighted by Crippen LogP contribution is 2.22. The normalized spacial score (nSPS) is 11.8. The molecule has 2 rings (SSSR count). The first-order valence-corrected chi connectivity index (χ1v) is 6.89. The molecule has 104 valence electrons. The molecule has 0 bridgehead atoms. The monoisotopic (exact) mass is 308 g/mol. The Morgan fingerprint density at radius 3 is 2.55 bits per heavy atom. The second kappa shape index (κ2) is 6.64. The summed E-state index contributed by atoms with van der Waals surface area (Å²) in [5.41, 5.74) is 1.51. The maximum absolute atomic E-state index is 11.9. The fourth-order valence-corrected chi connectivity index (χ4v) is 2.32. The first-order chi connectivity index (χ1) is 9.56. The van der Waals surface area contributed by atoms with Crippen LogP contribution in [0.5, 0.6) is 0 Å². The molecule has 5 heteroatoms. The number of benzene rings is 2. The van der Waals surface area contributed by atoms with Crippen molar-refractivity contribution in [3.8, 4) is 0 Å². The van der Waals surface area contributed by atoms with Gasteiger partial charge in [0.05, 0.1) is 6.04 Å². The van der Waals surface area contributed by atoms with Crippen LogP contribution in [0, 0.1) is 0 Å². The van der Waals surface area contributed by atoms with Gasteiger partial charge in [-0.15, -0.1) is 0 Å². The number of rotatable bonds is 3. The van der Waals surface area contributed by atoms with E-state index < -0.39 is 0 Å². The van der Waals surface area contributed by atoms with Crippen LogP contribution in [0.25, 0.3) is 0 Å². The first kappa shape index (κ1) is 14.7. The molecule has 2 aromatic carbocycles. The van der Waals surface area contributed by atoms with E-state index in [1.807, 2.05) is 25.1 Å². The third-order valence-electron chi connectivity index (χ3n) is 2.80. The van der Waals surface area contributed by atoms with Gasteiger partial charge in [-0.3, -0.25) is 0 Å². The Kier molecular flexibility index (Phi) is 4.88. The standard InChI is InChI=1S/C15H14Cl2N2O/c1-10(13-7-2-3-8-14(13)17)18-15(20)19-12-6-4-5-11(16)9-12/h2-10H,1H3,(H2,18,19,20). The van der Waals surface area contributed by atoms with E-state index in [4.69, 9.17) is 23.2 Å². The molecule has 1 unspecified atom stereocenters. The number of carbonyl (C=O) groups excluding carboxylic acids is 1. The average molecular weight is 309 g/mol. The topological polar surface area (TPSA) is 41.1 Å². The minimum absolute atomic E-state index is 0.192. The predicted molar refractivity (Wildman–Crippen MR) is 83.5 cm³/mol. The van der Waals surface area contributed by atoms with Crippen molar-refractivity contribution in [2.24, 2.45) is 0 Å². The zero-order valence-electron chi connectivity index (χ0n) is 10.9. The summed E-state index contributed by atoms with van der Waals surface area (Å²) < 4.78 is 0. The molecule has 0 radical (unpaired) electrons. The average Bonchev–Trinajstić information content (AvgIpc) is 2.38. The van der Waals surface area contributed by atoms with E-state index in [0.29, 0.717) is 15.7 Å². The molecule has 2 N–H and O–H groups in total. The van der Waals surface area contributed by atoms with Gasteiger partial charge in [0.15, 0.2) is 0 Å². The maximum Gasteiger partial charge on any atom is 0.319 e. The van der Waals surface area contributed by atoms with Crippen LogP contribution in [0.15, 0.2) is 48.5 Å². The molecule has 1 atom stereocenters. The quantitative estimate of drug-likeness (QED) is 0.834. The molecule has 0 heterocycles. The van der Waals surface area contributed by atoms with Gasteiger partial charge in [-0.1, -0.05) is 47.5 Å². The van der Waals surface area contributed by atoms with Crippen molar-refractivity contribution in [3.63, 3.8) is 0 Å². The number of hydrogen-bond acceptors (Lipinski definition) is 1. The Balaban J connectivity index is 2.00. The summed E-state index contributed by atoms with van der Waals surface area (Å²) in [4.78, 5) is 11.9. The highest BCUT2D eigenvalue weighted by molar-refractivity contribution is 6.31. The Morgan fingerprint density at radius 1 is 1.10 bits per heavy atom. The van der Waals surface area contributed by atoms with Gasteiger partial charge < -0.3 is 10.6 Å². The smallest absolute Gasteiger partial charge is 0.319 e. The molecule has 2 amide bonds. The fourth-order valence-electron chi connectivity index (χ4n) is 1.83. The molecule has 3 nitrogen and oxygen atoms in total. The van der Waals surface area contributed by atoms with Crippen molar-refractivity contribution >= 4 is 34.9 Å². The summed E-state index contributed by atoms with van der Waals surface area (Å²) in [6.07, 6.45) is 0. The highest BCUT2D eigenvalue weighted by Gasteiger charge is 2.12. The van der Waals surface area contributed by atoms with Gasteiger partial charge in [-0.2, -0.15) is 0 Å². The third kappa shape index (κ3) is 3.89. The molecule has 0 spiro atoms. The van der Waals surface area contributed by atoms with E-state index in [2.05, 4.69) is 10.6 Å². The summed E-state index contributed by atoms with van der Waals surface area (Å²) in [5, 5.41) is 6.75. The highest BCUT2D eigenvalue weighted by atomic mass is 35.5. The molecule has 0 aliphatic heterocycles. The summed E-state index contributed by atoms with van der Waals surface area (Å²) in [5.74, 6) is 0. The van der Waals surface area contributed by atoms with Crippen LogP contribution in [0.4, 0.5) is 10.5 Å². The number of anilines is 1. The zero-order chi connectivity index (χ0) is 14.5. The molecule has 20 heavy (non-hydrogen) atoms. The van der Waals surface area contributed by atoms with Gasteiger partial charge in [-0.25, -0.2) is 4.79 Å². The van der Waals surface area contributed by atoms with Crippen LogP contribution in [0.3, 0.4) is 0 Å². The van der Waals surface area contributed by atoms with E-state index in [0.717, 1.165) is 5.56 Å². The van der Waals surface area contributed by atoms with E-state index in [-0.39, 0.29) is 12.1 Å². The fraction of sp³-hybridized carbons (Fsp3) is 0.133. The second-order valence-electron chi connectivity index (χ2n) is 4.35. The summed E-state index contributed by atoms with van der Waals surface area (Å²) in [6, 6.07) is 13.9. The molecule has 0 aliphatic carbocycles. The van der Waals surface area contributed by atoms with Gasteiger partial charge in [0.25, 0.3) is 0 Å². The van der Waals surface area contributed by atoms with Gasteiger partial charge in [-0.05, 0) is 36.8 Å². The van der Waals surface area contributed by atoms with Gasteiger partial charge in [0.1, 0.15) is 0 Å². The lowest BCUT2D eigenvalue weighted by molar-refractivity contribution is 0.249. The van der Waals surface area contributed by atoms with Crippen LogP contribution >= 0.6 is 23.2 Å². The van der Waals surface area contributed by atoms with Crippen LogP contribution in [-0.2, 0) is 0 Å². The van der Waals surface area contributed by atoms with Gasteiger partial charge in [0, 0.05) is 15.7 Å². The Morgan fingerprint density at radius 2 is 1.85 bits per heavy atom.